The van der Waals surface area contributed by atoms with Crippen molar-refractivity contribution in [2.75, 3.05) is 0 Å². The van der Waals surface area contributed by atoms with E-state index in [1.165, 1.54) is 18.2 Å². The van der Waals surface area contributed by atoms with E-state index in [1.807, 2.05) is 0 Å². The summed E-state index contributed by atoms with van der Waals surface area (Å²) in [6.07, 6.45) is -5.07. The van der Waals surface area contributed by atoms with Crippen LogP contribution in [0, 0.1) is 13.8 Å². The Balaban J connectivity index is 1.55. The lowest BCUT2D eigenvalue weighted by Crippen LogP contribution is -2.19. The number of hydrogen-bond donors (Lipinski definition) is 0. The average molecular weight is 522 g/mol. The van der Waals surface area contributed by atoms with Crippen LogP contribution in [-0.4, -0.2) is 5.97 Å². The van der Waals surface area contributed by atoms with Crippen LogP contribution in [0.4, 0.5) is 13.2 Å². The largest absolute Gasteiger partial charge is 0.453 e. The Labute approximate surface area is 211 Å². The minimum Gasteiger partial charge on any atom is -0.449 e. The first kappa shape index (κ1) is 24.8. The summed E-state index contributed by atoms with van der Waals surface area (Å²) in [5.41, 5.74) is -1.42. The molecule has 2 heterocycles. The lowest BCUT2D eigenvalue weighted by molar-refractivity contribution is -0.154. The number of hydrogen-bond acceptors (Lipinski definition) is 7. The maximum Gasteiger partial charge on any atom is 0.453 e. The summed E-state index contributed by atoms with van der Waals surface area (Å²) in [4.78, 5) is 38.0. The van der Waals surface area contributed by atoms with Crippen molar-refractivity contribution in [3.8, 4) is 17.2 Å². The lowest BCUT2D eigenvalue weighted by Gasteiger charge is -2.15. The van der Waals surface area contributed by atoms with Crippen molar-refractivity contribution in [2.45, 2.75) is 20.0 Å². The standard InChI is InChI=1S/C28H17F3O7/c1-14-7-8-15(2)21(11-14)36-24-23(32)18-10-9-17(13-22(18)37-25(24)28(29,30)31)35-26(33)19-12-16-5-3-4-6-20(16)38-27(19)34/h3-13H,1-2H3. The first-order valence-corrected chi connectivity index (χ1v) is 11.2. The molecular weight excluding hydrogens is 505 g/mol. The summed E-state index contributed by atoms with van der Waals surface area (Å²) in [5, 5.41) is 0.234. The van der Waals surface area contributed by atoms with Gasteiger partial charge >= 0.3 is 17.8 Å². The maximum atomic E-state index is 13.9. The van der Waals surface area contributed by atoms with Gasteiger partial charge in [0.05, 0.1) is 5.39 Å². The van der Waals surface area contributed by atoms with Crippen LogP contribution in [-0.2, 0) is 6.18 Å². The number of esters is 1. The number of halogens is 3. The number of benzene rings is 3. The van der Waals surface area contributed by atoms with Gasteiger partial charge in [-0.2, -0.15) is 13.2 Å². The summed E-state index contributed by atoms with van der Waals surface area (Å²) < 4.78 is 62.5. The highest BCUT2D eigenvalue weighted by Gasteiger charge is 2.40. The number of ether oxygens (including phenoxy) is 2. The average Bonchev–Trinajstić information content (AvgIpc) is 2.86. The van der Waals surface area contributed by atoms with Gasteiger partial charge in [-0.05, 0) is 55.3 Å². The molecule has 0 saturated heterocycles. The summed E-state index contributed by atoms with van der Waals surface area (Å²) in [6, 6.07) is 16.0. The lowest BCUT2D eigenvalue weighted by atomic mass is 10.1. The predicted molar refractivity (Wildman–Crippen MR) is 131 cm³/mol. The van der Waals surface area contributed by atoms with Gasteiger partial charge in [0, 0.05) is 11.5 Å². The molecule has 0 atom stereocenters. The van der Waals surface area contributed by atoms with Crippen LogP contribution in [0.15, 0.2) is 85.2 Å². The van der Waals surface area contributed by atoms with Gasteiger partial charge in [-0.1, -0.05) is 30.3 Å². The third-order valence-electron chi connectivity index (χ3n) is 5.71. The molecule has 0 aliphatic heterocycles. The summed E-state index contributed by atoms with van der Waals surface area (Å²) in [6.45, 7) is 3.35. The Kier molecular flexibility index (Phi) is 6.02. The van der Waals surface area contributed by atoms with Gasteiger partial charge < -0.3 is 18.3 Å². The monoisotopic (exact) mass is 522 g/mol. The van der Waals surface area contributed by atoms with Crippen molar-refractivity contribution < 1.29 is 36.3 Å². The molecule has 3 aromatic carbocycles. The first-order valence-electron chi connectivity index (χ1n) is 11.2. The number of rotatable bonds is 4. The van der Waals surface area contributed by atoms with E-state index in [4.69, 9.17) is 18.3 Å². The first-order chi connectivity index (χ1) is 18.0. The number of alkyl halides is 3. The summed E-state index contributed by atoms with van der Waals surface area (Å²) >= 11 is 0. The van der Waals surface area contributed by atoms with Crippen molar-refractivity contribution in [3.63, 3.8) is 0 Å². The van der Waals surface area contributed by atoms with Crippen LogP contribution in [0.2, 0.25) is 0 Å². The molecule has 0 aliphatic rings. The van der Waals surface area contributed by atoms with Gasteiger partial charge in [0.1, 0.15) is 28.2 Å². The molecule has 38 heavy (non-hydrogen) atoms. The van der Waals surface area contributed by atoms with Crippen molar-refractivity contribution in [3.05, 3.63) is 110 Å². The molecule has 0 spiro atoms. The zero-order valence-corrected chi connectivity index (χ0v) is 19.8. The minimum atomic E-state index is -5.07. The third kappa shape index (κ3) is 4.63. The molecular formula is C28H17F3O7. The van der Waals surface area contributed by atoms with Gasteiger partial charge in [-0.25, -0.2) is 9.59 Å². The summed E-state index contributed by atoms with van der Waals surface area (Å²) in [5.74, 6) is -3.94. The SMILES string of the molecule is Cc1ccc(C)c(Oc2c(C(F)(F)F)oc3cc(OC(=O)c4cc5ccccc5oc4=O)ccc3c2=O)c1. The number of carbonyl (C=O) groups excluding carboxylic acids is 1. The van der Waals surface area contributed by atoms with Crippen LogP contribution in [0.3, 0.4) is 0 Å². The second-order valence-corrected chi connectivity index (χ2v) is 8.49. The number of para-hydroxylation sites is 1. The highest BCUT2D eigenvalue weighted by molar-refractivity contribution is 5.94. The Morgan fingerprint density at radius 1 is 0.868 bits per heavy atom. The molecule has 0 amide bonds. The van der Waals surface area contributed by atoms with Gasteiger partial charge in [-0.3, -0.25) is 4.79 Å². The van der Waals surface area contributed by atoms with E-state index in [-0.39, 0.29) is 22.5 Å². The Morgan fingerprint density at radius 3 is 2.39 bits per heavy atom. The number of carbonyl (C=O) groups is 1. The van der Waals surface area contributed by atoms with Crippen molar-refractivity contribution in [1.82, 2.24) is 0 Å². The van der Waals surface area contributed by atoms with E-state index in [1.54, 1.807) is 50.2 Å². The molecule has 192 valence electrons. The van der Waals surface area contributed by atoms with E-state index < -0.39 is 45.9 Å². The fourth-order valence-electron chi connectivity index (χ4n) is 3.79. The molecule has 10 heteroatoms. The van der Waals surface area contributed by atoms with Crippen LogP contribution in [0.1, 0.15) is 27.2 Å². The Bertz CT molecular complexity index is 1850. The molecule has 0 saturated carbocycles. The minimum absolute atomic E-state index is 0.0712. The molecule has 0 fully saturated rings. The highest BCUT2D eigenvalue weighted by atomic mass is 19.4. The normalized spacial score (nSPS) is 11.6. The van der Waals surface area contributed by atoms with Gasteiger partial charge in [0.25, 0.3) is 5.76 Å². The van der Waals surface area contributed by atoms with E-state index in [2.05, 4.69) is 0 Å². The number of aryl methyl sites for hydroxylation is 2. The van der Waals surface area contributed by atoms with E-state index >= 15 is 0 Å². The van der Waals surface area contributed by atoms with Crippen LogP contribution in [0.25, 0.3) is 21.9 Å². The third-order valence-corrected chi connectivity index (χ3v) is 5.71. The van der Waals surface area contributed by atoms with Crippen LogP contribution >= 0.6 is 0 Å². The van der Waals surface area contributed by atoms with Gasteiger partial charge in [0.15, 0.2) is 0 Å². The van der Waals surface area contributed by atoms with E-state index in [0.717, 1.165) is 17.7 Å². The molecule has 2 aromatic heterocycles. The molecule has 0 aliphatic carbocycles. The predicted octanol–water partition coefficient (Wildman–Crippen LogP) is 6.55. The van der Waals surface area contributed by atoms with E-state index in [9.17, 15) is 27.6 Å². The van der Waals surface area contributed by atoms with Gasteiger partial charge in [0.2, 0.25) is 11.2 Å². The molecule has 5 rings (SSSR count). The van der Waals surface area contributed by atoms with Crippen molar-refractivity contribution in [2.24, 2.45) is 0 Å². The smallest absolute Gasteiger partial charge is 0.449 e. The molecule has 7 nitrogen and oxygen atoms in total. The molecule has 0 N–H and O–H groups in total. The summed E-state index contributed by atoms with van der Waals surface area (Å²) in [7, 11) is 0. The fraction of sp³-hybridized carbons (Fsp3) is 0.107. The highest BCUT2D eigenvalue weighted by Crippen LogP contribution is 2.39. The number of fused-ring (bicyclic) bond motifs is 2. The Morgan fingerprint density at radius 2 is 1.63 bits per heavy atom. The molecule has 0 radical (unpaired) electrons. The molecule has 0 unspecified atom stereocenters. The van der Waals surface area contributed by atoms with Crippen molar-refractivity contribution in [1.29, 1.82) is 0 Å². The van der Waals surface area contributed by atoms with Crippen LogP contribution < -0.4 is 20.5 Å². The quantitative estimate of drug-likeness (QED) is 0.150. The topological polar surface area (TPSA) is 95.9 Å². The molecule has 5 aromatic rings. The van der Waals surface area contributed by atoms with E-state index in [0.29, 0.717) is 10.9 Å². The zero-order valence-electron chi connectivity index (χ0n) is 19.8. The van der Waals surface area contributed by atoms with Crippen LogP contribution in [0.5, 0.6) is 17.2 Å². The fourth-order valence-corrected chi connectivity index (χ4v) is 3.79. The molecule has 0 bridgehead atoms. The second-order valence-electron chi connectivity index (χ2n) is 8.49. The zero-order chi connectivity index (χ0) is 27.2. The van der Waals surface area contributed by atoms with Crippen molar-refractivity contribution >= 4 is 27.9 Å². The maximum absolute atomic E-state index is 13.9. The van der Waals surface area contributed by atoms with Gasteiger partial charge in [-0.15, -0.1) is 0 Å². The Hall–Kier alpha value is -4.86. The second kappa shape index (κ2) is 9.22.